The maximum Gasteiger partial charge on any atom is 0.486 e. The molecule has 0 aromatic heterocycles. The first-order valence-corrected chi connectivity index (χ1v) is 2.39. The third kappa shape index (κ3) is 1.56. The first-order valence-electron chi connectivity index (χ1n) is 2.39. The van der Waals surface area contributed by atoms with Crippen LogP contribution < -0.4 is 0 Å². The number of hydrogen-bond donors (Lipinski definition) is 0. The van der Waals surface area contributed by atoms with Crippen molar-refractivity contribution in [1.29, 1.82) is 0 Å². The van der Waals surface area contributed by atoms with Crippen LogP contribution in [0.15, 0.2) is 0 Å². The average molecular weight is 142 g/mol. The van der Waals surface area contributed by atoms with E-state index in [0.717, 1.165) is 0 Å². The SMILES string of the molecule is FCC1COC(F)(F)O1. The van der Waals surface area contributed by atoms with Crippen LogP contribution in [0.25, 0.3) is 0 Å². The van der Waals surface area contributed by atoms with E-state index in [9.17, 15) is 13.2 Å². The number of hydrogen-bond acceptors (Lipinski definition) is 2. The zero-order valence-electron chi connectivity index (χ0n) is 4.44. The molecule has 1 atom stereocenters. The fourth-order valence-corrected chi connectivity index (χ4v) is 0.528. The molecule has 1 heterocycles. The summed E-state index contributed by atoms with van der Waals surface area (Å²) in [5, 5.41) is 0. The van der Waals surface area contributed by atoms with Gasteiger partial charge in [0.15, 0.2) is 0 Å². The summed E-state index contributed by atoms with van der Waals surface area (Å²) in [4.78, 5) is 0. The lowest BCUT2D eigenvalue weighted by Crippen LogP contribution is -2.18. The number of halogens is 3. The van der Waals surface area contributed by atoms with Gasteiger partial charge < -0.3 is 0 Å². The molecular formula is C4H5F3O2. The zero-order valence-corrected chi connectivity index (χ0v) is 4.44. The molecule has 1 rings (SSSR count). The van der Waals surface area contributed by atoms with Gasteiger partial charge in [0.05, 0.1) is 6.61 Å². The second-order valence-corrected chi connectivity index (χ2v) is 1.67. The fourth-order valence-electron chi connectivity index (χ4n) is 0.528. The van der Waals surface area contributed by atoms with Gasteiger partial charge in [0, 0.05) is 0 Å². The Kier molecular flexibility index (Phi) is 1.63. The highest BCUT2D eigenvalue weighted by Crippen LogP contribution is 2.26. The van der Waals surface area contributed by atoms with Crippen LogP contribution in [0, 0.1) is 0 Å². The molecule has 0 aromatic carbocycles. The Labute approximate surface area is 49.6 Å². The summed E-state index contributed by atoms with van der Waals surface area (Å²) in [5.41, 5.74) is 0. The van der Waals surface area contributed by atoms with E-state index in [0.29, 0.717) is 0 Å². The van der Waals surface area contributed by atoms with E-state index in [1.807, 2.05) is 0 Å². The van der Waals surface area contributed by atoms with Crippen molar-refractivity contribution in [2.24, 2.45) is 0 Å². The van der Waals surface area contributed by atoms with E-state index in [4.69, 9.17) is 0 Å². The molecule has 1 unspecified atom stereocenters. The van der Waals surface area contributed by atoms with Crippen molar-refractivity contribution in [1.82, 2.24) is 0 Å². The molecule has 54 valence electrons. The summed E-state index contributed by atoms with van der Waals surface area (Å²) >= 11 is 0. The Balaban J connectivity index is 2.38. The normalized spacial score (nSPS) is 33.0. The Bertz CT molecular complexity index is 106. The Morgan fingerprint density at radius 2 is 2.22 bits per heavy atom. The van der Waals surface area contributed by atoms with Gasteiger partial charge in [-0.2, -0.15) is 0 Å². The highest BCUT2D eigenvalue weighted by molar-refractivity contribution is 4.61. The maximum atomic E-state index is 11.8. The predicted octanol–water partition coefficient (Wildman–Crippen LogP) is 0.922. The molecule has 0 amide bonds. The van der Waals surface area contributed by atoms with E-state index < -0.39 is 19.1 Å². The second-order valence-electron chi connectivity index (χ2n) is 1.67. The third-order valence-corrected chi connectivity index (χ3v) is 0.913. The second kappa shape index (κ2) is 2.15. The minimum atomic E-state index is -3.57. The van der Waals surface area contributed by atoms with E-state index in [2.05, 4.69) is 9.47 Å². The van der Waals surface area contributed by atoms with Gasteiger partial charge in [-0.15, -0.1) is 8.78 Å². The van der Waals surface area contributed by atoms with Crippen molar-refractivity contribution < 1.29 is 22.6 Å². The highest BCUT2D eigenvalue weighted by Gasteiger charge is 2.42. The molecule has 9 heavy (non-hydrogen) atoms. The van der Waals surface area contributed by atoms with Gasteiger partial charge >= 0.3 is 6.29 Å². The van der Waals surface area contributed by atoms with Crippen molar-refractivity contribution in [2.45, 2.75) is 12.4 Å². The standard InChI is InChI=1S/C4H5F3O2/c5-1-3-2-8-4(6,7)9-3/h3H,1-2H2. The number of alkyl halides is 3. The van der Waals surface area contributed by atoms with Crippen LogP contribution >= 0.6 is 0 Å². The van der Waals surface area contributed by atoms with Gasteiger partial charge in [-0.1, -0.05) is 0 Å². The first-order chi connectivity index (χ1) is 4.14. The molecular weight excluding hydrogens is 137 g/mol. The molecule has 1 fully saturated rings. The number of ether oxygens (including phenoxy) is 2. The molecule has 0 aromatic rings. The summed E-state index contributed by atoms with van der Waals surface area (Å²) < 4.78 is 42.6. The van der Waals surface area contributed by atoms with Crippen molar-refractivity contribution in [3.8, 4) is 0 Å². The molecule has 0 spiro atoms. The molecule has 1 aliphatic rings. The lowest BCUT2D eigenvalue weighted by Gasteiger charge is -2.04. The fraction of sp³-hybridized carbons (Fsp3) is 1.00. The van der Waals surface area contributed by atoms with Crippen LogP contribution in [-0.4, -0.2) is 25.7 Å². The van der Waals surface area contributed by atoms with E-state index in [1.54, 1.807) is 0 Å². The third-order valence-electron chi connectivity index (χ3n) is 0.913. The van der Waals surface area contributed by atoms with Crippen molar-refractivity contribution in [2.75, 3.05) is 13.3 Å². The van der Waals surface area contributed by atoms with E-state index in [-0.39, 0.29) is 6.61 Å². The summed E-state index contributed by atoms with van der Waals surface area (Å²) in [6, 6.07) is 0. The predicted molar refractivity (Wildman–Crippen MR) is 21.7 cm³/mol. The lowest BCUT2D eigenvalue weighted by atomic mass is 10.4. The van der Waals surface area contributed by atoms with Gasteiger partial charge in [-0.25, -0.2) is 4.39 Å². The average Bonchev–Trinajstić information content (AvgIpc) is 2.10. The summed E-state index contributed by atoms with van der Waals surface area (Å²) in [5.74, 6) is 0. The quantitative estimate of drug-likeness (QED) is 0.542. The monoisotopic (exact) mass is 142 g/mol. The Morgan fingerprint density at radius 1 is 1.56 bits per heavy atom. The minimum absolute atomic E-state index is 0.372. The van der Waals surface area contributed by atoms with Gasteiger partial charge in [0.25, 0.3) is 0 Å². The molecule has 5 heteroatoms. The minimum Gasteiger partial charge on any atom is -0.293 e. The van der Waals surface area contributed by atoms with Crippen LogP contribution in [-0.2, 0) is 9.47 Å². The molecule has 1 saturated heterocycles. The van der Waals surface area contributed by atoms with Crippen LogP contribution in [0.1, 0.15) is 0 Å². The van der Waals surface area contributed by atoms with Crippen molar-refractivity contribution in [3.63, 3.8) is 0 Å². The molecule has 0 saturated carbocycles. The van der Waals surface area contributed by atoms with Crippen LogP contribution in [0.3, 0.4) is 0 Å². The zero-order chi connectivity index (χ0) is 6.91. The van der Waals surface area contributed by atoms with Crippen LogP contribution in [0.2, 0.25) is 0 Å². The largest absolute Gasteiger partial charge is 0.486 e. The Morgan fingerprint density at radius 3 is 2.44 bits per heavy atom. The smallest absolute Gasteiger partial charge is 0.293 e. The summed E-state index contributed by atoms with van der Waals surface area (Å²) in [6.45, 7) is -1.31. The molecule has 1 aliphatic heterocycles. The van der Waals surface area contributed by atoms with E-state index >= 15 is 0 Å². The molecule has 0 aliphatic carbocycles. The lowest BCUT2D eigenvalue weighted by molar-refractivity contribution is -0.346. The first kappa shape index (κ1) is 6.82. The summed E-state index contributed by atoms with van der Waals surface area (Å²) in [7, 11) is 0. The van der Waals surface area contributed by atoms with Crippen molar-refractivity contribution >= 4 is 0 Å². The number of rotatable bonds is 1. The van der Waals surface area contributed by atoms with Crippen molar-refractivity contribution in [3.05, 3.63) is 0 Å². The summed E-state index contributed by atoms with van der Waals surface area (Å²) in [6.07, 6.45) is -4.67. The van der Waals surface area contributed by atoms with Crippen LogP contribution in [0.4, 0.5) is 13.2 Å². The van der Waals surface area contributed by atoms with Crippen LogP contribution in [0.5, 0.6) is 0 Å². The molecule has 0 N–H and O–H groups in total. The van der Waals surface area contributed by atoms with E-state index in [1.165, 1.54) is 0 Å². The highest BCUT2D eigenvalue weighted by atomic mass is 19.3. The maximum absolute atomic E-state index is 11.8. The van der Waals surface area contributed by atoms with Gasteiger partial charge in [0.1, 0.15) is 12.8 Å². The molecule has 2 nitrogen and oxygen atoms in total. The van der Waals surface area contributed by atoms with Gasteiger partial charge in [-0.05, 0) is 0 Å². The Hall–Kier alpha value is -0.290. The van der Waals surface area contributed by atoms with Gasteiger partial charge in [0.2, 0.25) is 0 Å². The molecule has 0 radical (unpaired) electrons. The molecule has 0 bridgehead atoms. The van der Waals surface area contributed by atoms with Gasteiger partial charge in [-0.3, -0.25) is 9.47 Å². The topological polar surface area (TPSA) is 18.5 Å².